The van der Waals surface area contributed by atoms with E-state index in [1.54, 1.807) is 14.0 Å². The molecule has 0 aliphatic carbocycles. The predicted molar refractivity (Wildman–Crippen MR) is 192 cm³/mol. The Morgan fingerprint density at radius 1 is 1.12 bits per heavy atom. The molecule has 0 unspecified atom stereocenters. The number of esters is 1. The fourth-order valence-corrected chi connectivity index (χ4v) is 8.27. The van der Waals surface area contributed by atoms with E-state index in [9.17, 15) is 19.2 Å². The highest BCUT2D eigenvalue weighted by atomic mass is 35.5. The minimum absolute atomic E-state index is 0.108. The van der Waals surface area contributed by atoms with Gasteiger partial charge in [0.2, 0.25) is 11.1 Å². The van der Waals surface area contributed by atoms with Crippen molar-refractivity contribution in [3.05, 3.63) is 94.1 Å². The molecule has 4 aromatic rings. The molecular formula is C32H30ClN9O6S3. The zero-order valence-electron chi connectivity index (χ0n) is 27.1. The van der Waals surface area contributed by atoms with Crippen molar-refractivity contribution in [2.24, 2.45) is 12.2 Å². The number of oxime groups is 1. The van der Waals surface area contributed by atoms with Gasteiger partial charge in [0.25, 0.3) is 11.8 Å². The highest BCUT2D eigenvalue weighted by Crippen LogP contribution is 2.42. The number of rotatable bonds is 14. The molecule has 2 atom stereocenters. The van der Waals surface area contributed by atoms with E-state index in [-0.39, 0.29) is 34.7 Å². The number of carbonyl (C=O) groups excluding carboxylic acids is 4. The van der Waals surface area contributed by atoms with E-state index in [4.69, 9.17) is 21.2 Å². The first-order valence-electron chi connectivity index (χ1n) is 15.4. The molecule has 1 fully saturated rings. The van der Waals surface area contributed by atoms with Crippen LogP contribution in [-0.2, 0) is 35.8 Å². The smallest absolute Gasteiger partial charge is 0.356 e. The number of hydrogen-bond acceptors (Lipinski definition) is 14. The van der Waals surface area contributed by atoms with Gasteiger partial charge in [-0.05, 0) is 34.1 Å². The van der Waals surface area contributed by atoms with Crippen molar-refractivity contribution in [2.75, 3.05) is 29.3 Å². The molecule has 4 heterocycles. The van der Waals surface area contributed by atoms with E-state index in [0.717, 1.165) is 22.5 Å². The number of hydrogen-bond donors (Lipinski definition) is 2. The second-order valence-corrected chi connectivity index (χ2v) is 14.0. The monoisotopic (exact) mass is 767 g/mol. The Morgan fingerprint density at radius 3 is 2.45 bits per heavy atom. The number of halogens is 1. The average Bonchev–Trinajstić information content (AvgIpc) is 3.80. The van der Waals surface area contributed by atoms with E-state index >= 15 is 0 Å². The number of benzene rings is 2. The van der Waals surface area contributed by atoms with Gasteiger partial charge in [-0.1, -0.05) is 77.6 Å². The summed E-state index contributed by atoms with van der Waals surface area (Å²) in [5.74, 6) is -1.98. The number of nitrogens with zero attached hydrogens (tertiary/aromatic N) is 7. The number of anilines is 1. The summed E-state index contributed by atoms with van der Waals surface area (Å²) < 4.78 is 7.74. The zero-order chi connectivity index (χ0) is 35.9. The number of fused-ring (bicyclic) bond motifs is 1. The first-order chi connectivity index (χ1) is 24.8. The molecule has 19 heteroatoms. The van der Waals surface area contributed by atoms with Crippen LogP contribution >= 0.6 is 46.5 Å². The Labute approximate surface area is 309 Å². The fraction of sp³-hybridized carbons (Fsp3) is 0.281. The number of ether oxygens (including phenoxy) is 1. The molecular weight excluding hydrogens is 738 g/mol. The molecule has 15 nitrogen and oxygen atoms in total. The molecule has 2 aromatic carbocycles. The third-order valence-corrected chi connectivity index (χ3v) is 11.0. The van der Waals surface area contributed by atoms with E-state index in [1.165, 1.54) is 38.5 Å². The van der Waals surface area contributed by atoms with Gasteiger partial charge in [-0.15, -0.1) is 39.8 Å². The van der Waals surface area contributed by atoms with Crippen LogP contribution in [0, 0.1) is 0 Å². The maximum Gasteiger partial charge on any atom is 0.356 e. The maximum atomic E-state index is 14.3. The molecule has 264 valence electrons. The third-order valence-electron chi connectivity index (χ3n) is 7.53. The number of aromatic nitrogens is 5. The molecule has 2 aliphatic rings. The van der Waals surface area contributed by atoms with E-state index < -0.39 is 41.2 Å². The number of aryl methyl sites for hydroxylation is 1. The summed E-state index contributed by atoms with van der Waals surface area (Å²) in [7, 11) is 1.71. The molecule has 2 aromatic heterocycles. The summed E-state index contributed by atoms with van der Waals surface area (Å²) >= 11 is 9.37. The first-order valence-corrected chi connectivity index (χ1v) is 18.9. The molecule has 51 heavy (non-hydrogen) atoms. The van der Waals surface area contributed by atoms with Gasteiger partial charge in [-0.2, -0.15) is 0 Å². The lowest BCUT2D eigenvalue weighted by molar-refractivity contribution is -0.154. The van der Waals surface area contributed by atoms with Crippen LogP contribution in [0.2, 0.25) is 0 Å². The maximum absolute atomic E-state index is 14.3. The lowest BCUT2D eigenvalue weighted by atomic mass is 10.0. The van der Waals surface area contributed by atoms with Gasteiger partial charge in [-0.25, -0.2) is 14.5 Å². The van der Waals surface area contributed by atoms with E-state index in [0.29, 0.717) is 22.2 Å². The summed E-state index contributed by atoms with van der Waals surface area (Å²) in [6, 6.07) is 17.7. The largest absolute Gasteiger partial charge is 0.448 e. The minimum Gasteiger partial charge on any atom is -0.448 e. The number of tetrazole rings is 1. The SMILES string of the molecule is CCO/N=C(\C(=O)N[C@@H]1C(=O)N2C(C(=O)OC(c3ccccc3)c3ccccc3)=C(CSc3nnnn3C)CS[C@H]12)c1csc(NC(=O)CCl)n1. The number of nitrogens with one attached hydrogen (secondary N) is 2. The third kappa shape index (κ3) is 8.08. The lowest BCUT2D eigenvalue weighted by Gasteiger charge is -2.49. The second-order valence-electron chi connectivity index (χ2n) is 10.9. The van der Waals surface area contributed by atoms with Crippen LogP contribution in [0.3, 0.4) is 0 Å². The molecule has 2 aliphatic heterocycles. The number of carbonyl (C=O) groups is 4. The van der Waals surface area contributed by atoms with Gasteiger partial charge >= 0.3 is 5.97 Å². The second kappa shape index (κ2) is 16.5. The number of alkyl halides is 1. The van der Waals surface area contributed by atoms with Gasteiger partial charge in [-0.3, -0.25) is 19.3 Å². The minimum atomic E-state index is -0.998. The quantitative estimate of drug-likeness (QED) is 0.0478. The number of amides is 3. The van der Waals surface area contributed by atoms with Crippen LogP contribution in [0.4, 0.5) is 5.13 Å². The molecule has 0 radical (unpaired) electrons. The van der Waals surface area contributed by atoms with Gasteiger partial charge in [0.1, 0.15) is 35.3 Å². The van der Waals surface area contributed by atoms with Crippen molar-refractivity contribution < 1.29 is 28.8 Å². The van der Waals surface area contributed by atoms with Gasteiger partial charge in [0.15, 0.2) is 16.9 Å². The molecule has 3 amide bonds. The van der Waals surface area contributed by atoms with Crippen molar-refractivity contribution in [2.45, 2.75) is 29.6 Å². The fourth-order valence-electron chi connectivity index (χ4n) is 5.16. The van der Waals surface area contributed by atoms with E-state index in [2.05, 4.69) is 36.3 Å². The van der Waals surface area contributed by atoms with Crippen LogP contribution in [0.15, 0.2) is 87.6 Å². The standard InChI is InChI=1S/C32H30ClN9O6S3/c1-3-47-38-23(21-17-50-31(34-21)35-22(43)14-33)27(44)36-24-28(45)42-25(20(15-49-29(24)42)16-51-32-37-39-40-41(32)2)30(46)48-26(18-10-6-4-7-11-18)19-12-8-5-9-13-19/h4-13,17,24,26,29H,3,14-16H2,1-2H3,(H,36,44)(H,34,35,43)/b38-23-/t24-,29-/m1/s1. The average molecular weight is 768 g/mol. The van der Waals surface area contributed by atoms with Crippen LogP contribution in [0.5, 0.6) is 0 Å². The number of thiazole rings is 1. The van der Waals surface area contributed by atoms with Crippen LogP contribution in [0.1, 0.15) is 29.8 Å². The normalized spacial score (nSPS) is 17.1. The summed E-state index contributed by atoms with van der Waals surface area (Å²) in [5, 5.41) is 22.4. The summed E-state index contributed by atoms with van der Waals surface area (Å²) in [4.78, 5) is 64.3. The predicted octanol–water partition coefficient (Wildman–Crippen LogP) is 3.36. The highest BCUT2D eigenvalue weighted by molar-refractivity contribution is 8.01. The Kier molecular flexibility index (Phi) is 11.7. The Morgan fingerprint density at radius 2 is 1.82 bits per heavy atom. The summed E-state index contributed by atoms with van der Waals surface area (Å²) in [6.45, 7) is 1.86. The first kappa shape index (κ1) is 36.0. The Hall–Kier alpha value is -4.78. The highest BCUT2D eigenvalue weighted by Gasteiger charge is 2.55. The van der Waals surface area contributed by atoms with Gasteiger partial charge < -0.3 is 20.2 Å². The number of thioether (sulfide) groups is 2. The molecule has 0 spiro atoms. The lowest BCUT2D eigenvalue weighted by Crippen LogP contribution is -2.71. The number of β-lactam (4-membered cyclic amide) rings is 1. The topological polar surface area (TPSA) is 183 Å². The van der Waals surface area contributed by atoms with Crippen molar-refractivity contribution >= 4 is 81.0 Å². The van der Waals surface area contributed by atoms with Gasteiger partial charge in [0.05, 0.1) is 0 Å². The Bertz CT molecular complexity index is 1930. The summed E-state index contributed by atoms with van der Waals surface area (Å²) in [5.41, 5.74) is 2.22. The molecule has 2 N–H and O–H groups in total. The Balaban J connectivity index is 1.26. The van der Waals surface area contributed by atoms with Gasteiger partial charge in [0, 0.05) is 23.9 Å². The van der Waals surface area contributed by atoms with Crippen LogP contribution in [0.25, 0.3) is 0 Å². The summed E-state index contributed by atoms with van der Waals surface area (Å²) in [6.07, 6.45) is -0.751. The zero-order valence-corrected chi connectivity index (χ0v) is 30.3. The van der Waals surface area contributed by atoms with Crippen molar-refractivity contribution in [3.8, 4) is 0 Å². The van der Waals surface area contributed by atoms with Crippen molar-refractivity contribution in [3.63, 3.8) is 0 Å². The molecule has 0 bridgehead atoms. The van der Waals surface area contributed by atoms with Crippen molar-refractivity contribution in [1.82, 2.24) is 35.4 Å². The van der Waals surface area contributed by atoms with Crippen LogP contribution in [-0.4, -0.2) is 94.9 Å². The van der Waals surface area contributed by atoms with Crippen LogP contribution < -0.4 is 10.6 Å². The molecule has 0 saturated carbocycles. The van der Waals surface area contributed by atoms with E-state index in [1.807, 2.05) is 60.7 Å². The molecule has 6 rings (SSSR count). The molecule has 1 saturated heterocycles. The van der Waals surface area contributed by atoms with Crippen molar-refractivity contribution in [1.29, 1.82) is 0 Å².